The molecule has 2 aromatic heterocycles. The number of hydrogen-bond donors (Lipinski definition) is 1. The Kier molecular flexibility index (Phi) is 2.75. The van der Waals surface area contributed by atoms with Crippen LogP contribution in [0, 0.1) is 0 Å². The Labute approximate surface area is 122 Å². The lowest BCUT2D eigenvalue weighted by atomic mass is 10.1. The van der Waals surface area contributed by atoms with Gasteiger partial charge in [-0.05, 0) is 6.07 Å². The Hall–Kier alpha value is -2.94. The van der Waals surface area contributed by atoms with E-state index in [1.54, 1.807) is 0 Å². The fourth-order valence-corrected chi connectivity index (χ4v) is 2.47. The van der Waals surface area contributed by atoms with Crippen molar-refractivity contribution in [2.75, 3.05) is 0 Å². The van der Waals surface area contributed by atoms with Crippen molar-refractivity contribution in [3.63, 3.8) is 0 Å². The fraction of sp³-hybridized carbons (Fsp3) is 0. The monoisotopic (exact) mass is 271 g/mol. The molecule has 0 fully saturated rings. The number of aromatic amines is 1. The SMILES string of the molecule is c1ccc(-c2nc(-c3ccccc3)c3cc[nH]c3n2)cc1. The molecule has 21 heavy (non-hydrogen) atoms. The van der Waals surface area contributed by atoms with Gasteiger partial charge in [0.15, 0.2) is 5.82 Å². The Bertz CT molecular complexity index is 880. The number of fused-ring (bicyclic) bond motifs is 1. The Balaban J connectivity index is 2.00. The summed E-state index contributed by atoms with van der Waals surface area (Å²) in [5, 5.41) is 1.04. The van der Waals surface area contributed by atoms with Crippen LogP contribution in [0.15, 0.2) is 72.9 Å². The molecule has 4 rings (SSSR count). The molecule has 0 aliphatic heterocycles. The van der Waals surface area contributed by atoms with Gasteiger partial charge in [-0.3, -0.25) is 0 Å². The van der Waals surface area contributed by atoms with Crippen LogP contribution in [-0.4, -0.2) is 15.0 Å². The van der Waals surface area contributed by atoms with Crippen molar-refractivity contribution < 1.29 is 0 Å². The molecule has 0 atom stereocenters. The third-order valence-corrected chi connectivity index (χ3v) is 3.49. The molecule has 100 valence electrons. The summed E-state index contributed by atoms with van der Waals surface area (Å²) in [6.45, 7) is 0. The molecule has 4 aromatic rings. The van der Waals surface area contributed by atoms with Crippen molar-refractivity contribution in [1.29, 1.82) is 0 Å². The quantitative estimate of drug-likeness (QED) is 0.591. The molecule has 2 heterocycles. The highest BCUT2D eigenvalue weighted by atomic mass is 14.9. The van der Waals surface area contributed by atoms with Gasteiger partial charge < -0.3 is 4.98 Å². The van der Waals surface area contributed by atoms with Gasteiger partial charge in [0.05, 0.1) is 5.69 Å². The predicted molar refractivity (Wildman–Crippen MR) is 84.8 cm³/mol. The zero-order valence-electron chi connectivity index (χ0n) is 11.3. The Morgan fingerprint density at radius 3 is 2.05 bits per heavy atom. The number of aromatic nitrogens is 3. The Morgan fingerprint density at radius 1 is 0.667 bits per heavy atom. The van der Waals surface area contributed by atoms with E-state index in [-0.39, 0.29) is 0 Å². The molecule has 0 unspecified atom stereocenters. The molecule has 3 nitrogen and oxygen atoms in total. The summed E-state index contributed by atoms with van der Waals surface area (Å²) in [4.78, 5) is 12.6. The van der Waals surface area contributed by atoms with E-state index >= 15 is 0 Å². The van der Waals surface area contributed by atoms with Crippen LogP contribution in [0.3, 0.4) is 0 Å². The summed E-state index contributed by atoms with van der Waals surface area (Å²) < 4.78 is 0. The Morgan fingerprint density at radius 2 is 1.33 bits per heavy atom. The molecule has 2 aromatic carbocycles. The molecular weight excluding hydrogens is 258 g/mol. The molecule has 0 aliphatic rings. The predicted octanol–water partition coefficient (Wildman–Crippen LogP) is 4.29. The van der Waals surface area contributed by atoms with Crippen molar-refractivity contribution in [3.05, 3.63) is 72.9 Å². The van der Waals surface area contributed by atoms with Gasteiger partial charge in [-0.15, -0.1) is 0 Å². The van der Waals surface area contributed by atoms with Gasteiger partial charge >= 0.3 is 0 Å². The van der Waals surface area contributed by atoms with Crippen molar-refractivity contribution in [2.45, 2.75) is 0 Å². The van der Waals surface area contributed by atoms with Crippen LogP contribution >= 0.6 is 0 Å². The van der Waals surface area contributed by atoms with Gasteiger partial charge in [0.1, 0.15) is 5.65 Å². The lowest BCUT2D eigenvalue weighted by Crippen LogP contribution is -1.93. The topological polar surface area (TPSA) is 41.6 Å². The zero-order valence-corrected chi connectivity index (χ0v) is 11.3. The van der Waals surface area contributed by atoms with Crippen molar-refractivity contribution >= 4 is 11.0 Å². The normalized spacial score (nSPS) is 10.9. The van der Waals surface area contributed by atoms with Crippen molar-refractivity contribution in [3.8, 4) is 22.6 Å². The molecule has 0 radical (unpaired) electrons. The molecule has 3 heteroatoms. The van der Waals surface area contributed by atoms with Crippen LogP contribution in [0.4, 0.5) is 0 Å². The number of H-pyrrole nitrogens is 1. The maximum Gasteiger partial charge on any atom is 0.162 e. The van der Waals surface area contributed by atoms with Gasteiger partial charge in [0, 0.05) is 22.7 Å². The first-order valence-electron chi connectivity index (χ1n) is 6.88. The van der Waals surface area contributed by atoms with Crippen LogP contribution in [0.2, 0.25) is 0 Å². The van der Waals surface area contributed by atoms with Crippen molar-refractivity contribution in [2.24, 2.45) is 0 Å². The number of nitrogens with zero attached hydrogens (tertiary/aromatic N) is 2. The fourth-order valence-electron chi connectivity index (χ4n) is 2.47. The first-order chi connectivity index (χ1) is 10.4. The second-order valence-electron chi connectivity index (χ2n) is 4.87. The summed E-state index contributed by atoms with van der Waals surface area (Å²) in [6, 6.07) is 22.3. The maximum atomic E-state index is 4.78. The van der Waals surface area contributed by atoms with E-state index in [9.17, 15) is 0 Å². The van der Waals surface area contributed by atoms with Gasteiger partial charge in [0.2, 0.25) is 0 Å². The number of nitrogens with one attached hydrogen (secondary N) is 1. The average molecular weight is 271 g/mol. The van der Waals surface area contributed by atoms with Crippen LogP contribution in [0.5, 0.6) is 0 Å². The average Bonchev–Trinajstić information content (AvgIpc) is 3.04. The highest BCUT2D eigenvalue weighted by Gasteiger charge is 2.11. The van der Waals surface area contributed by atoms with Crippen LogP contribution in [0.1, 0.15) is 0 Å². The first-order valence-corrected chi connectivity index (χ1v) is 6.88. The molecule has 0 saturated carbocycles. The smallest absolute Gasteiger partial charge is 0.162 e. The van der Waals surface area contributed by atoms with Crippen molar-refractivity contribution in [1.82, 2.24) is 15.0 Å². The minimum atomic E-state index is 0.740. The van der Waals surface area contributed by atoms with E-state index in [0.717, 1.165) is 33.7 Å². The summed E-state index contributed by atoms with van der Waals surface area (Å²) in [5.41, 5.74) is 3.94. The lowest BCUT2D eigenvalue weighted by Gasteiger charge is -2.06. The molecule has 0 aliphatic carbocycles. The van der Waals surface area contributed by atoms with Crippen LogP contribution in [0.25, 0.3) is 33.7 Å². The summed E-state index contributed by atoms with van der Waals surface area (Å²) in [5.74, 6) is 0.740. The van der Waals surface area contributed by atoms with E-state index < -0.39 is 0 Å². The molecule has 0 saturated heterocycles. The van der Waals surface area contributed by atoms with Crippen LogP contribution < -0.4 is 0 Å². The van der Waals surface area contributed by atoms with E-state index in [1.807, 2.05) is 60.8 Å². The summed E-state index contributed by atoms with van der Waals surface area (Å²) >= 11 is 0. The third-order valence-electron chi connectivity index (χ3n) is 3.49. The zero-order chi connectivity index (χ0) is 14.1. The van der Waals surface area contributed by atoms with Crippen LogP contribution in [-0.2, 0) is 0 Å². The highest BCUT2D eigenvalue weighted by molar-refractivity contribution is 5.92. The van der Waals surface area contributed by atoms with Gasteiger partial charge in [-0.2, -0.15) is 0 Å². The third kappa shape index (κ3) is 2.09. The summed E-state index contributed by atoms with van der Waals surface area (Å²) in [7, 11) is 0. The molecular formula is C18H13N3. The number of hydrogen-bond acceptors (Lipinski definition) is 2. The molecule has 1 N–H and O–H groups in total. The second kappa shape index (κ2) is 4.87. The minimum Gasteiger partial charge on any atom is -0.346 e. The first kappa shape index (κ1) is 11.9. The highest BCUT2D eigenvalue weighted by Crippen LogP contribution is 2.28. The van der Waals surface area contributed by atoms with Gasteiger partial charge in [-0.1, -0.05) is 60.7 Å². The number of rotatable bonds is 2. The largest absolute Gasteiger partial charge is 0.346 e. The molecule has 0 spiro atoms. The van der Waals surface area contributed by atoms with E-state index in [2.05, 4.69) is 22.1 Å². The standard InChI is InChI=1S/C18H13N3/c1-3-7-13(8-4-1)16-15-11-12-19-18(15)21-17(20-16)14-9-5-2-6-10-14/h1-12H,(H,19,20,21). The summed E-state index contributed by atoms with van der Waals surface area (Å²) in [6.07, 6.45) is 1.90. The number of benzene rings is 2. The minimum absolute atomic E-state index is 0.740. The molecule has 0 bridgehead atoms. The second-order valence-corrected chi connectivity index (χ2v) is 4.87. The van der Waals surface area contributed by atoms with E-state index in [4.69, 9.17) is 4.98 Å². The van der Waals surface area contributed by atoms with E-state index in [1.165, 1.54) is 0 Å². The lowest BCUT2D eigenvalue weighted by molar-refractivity contribution is 1.21. The van der Waals surface area contributed by atoms with Gasteiger partial charge in [-0.25, -0.2) is 9.97 Å². The molecule has 0 amide bonds. The van der Waals surface area contributed by atoms with E-state index in [0.29, 0.717) is 0 Å². The maximum absolute atomic E-state index is 4.78. The van der Waals surface area contributed by atoms with Gasteiger partial charge in [0.25, 0.3) is 0 Å².